The van der Waals surface area contributed by atoms with Gasteiger partial charge in [0, 0.05) is 13.4 Å². The lowest BCUT2D eigenvalue weighted by molar-refractivity contribution is 0.601. The number of nitrogens with two attached hydrogens (primary N) is 1. The lowest BCUT2D eigenvalue weighted by Gasteiger charge is -2.14. The van der Waals surface area contributed by atoms with Crippen molar-refractivity contribution in [2.24, 2.45) is 0 Å². The molecule has 0 amide bonds. The topological polar surface area (TPSA) is 72.2 Å². The van der Waals surface area contributed by atoms with Gasteiger partial charge in [-0.2, -0.15) is 0 Å². The minimum absolute atomic E-state index is 0.0186. The van der Waals surface area contributed by atoms with Gasteiger partial charge in [0.2, 0.25) is 0 Å². The first kappa shape index (κ1) is 16.8. The number of hydrogen-bond acceptors (Lipinski definition) is 3. The molecule has 0 atom stereocenters. The third-order valence-electron chi connectivity index (χ3n) is 2.82. The molecule has 0 fully saturated rings. The van der Waals surface area contributed by atoms with E-state index >= 15 is 0 Å². The van der Waals surface area contributed by atoms with Crippen molar-refractivity contribution in [3.05, 3.63) is 49.3 Å². The Bertz CT molecular complexity index is 784. The van der Waals surface area contributed by atoms with Gasteiger partial charge in [-0.3, -0.25) is 4.72 Å². The predicted molar refractivity (Wildman–Crippen MR) is 95.9 cm³/mol. The second-order valence-electron chi connectivity index (χ2n) is 4.32. The highest BCUT2D eigenvalue weighted by atomic mass is 79.9. The van der Waals surface area contributed by atoms with E-state index in [0.29, 0.717) is 14.6 Å². The molecule has 4 nitrogen and oxygen atoms in total. The third-order valence-corrected chi connectivity index (χ3v) is 6.50. The third kappa shape index (κ3) is 3.61. The molecule has 2 aromatic rings. The highest BCUT2D eigenvalue weighted by Gasteiger charge is 2.22. The van der Waals surface area contributed by atoms with E-state index in [9.17, 15) is 8.42 Å². The Morgan fingerprint density at radius 3 is 2.38 bits per heavy atom. The number of benzene rings is 2. The summed E-state index contributed by atoms with van der Waals surface area (Å²) in [5.74, 6) is 0. The van der Waals surface area contributed by atoms with Crippen LogP contribution in [0.2, 0.25) is 0 Å². The predicted octanol–water partition coefficient (Wildman–Crippen LogP) is 4.67. The molecule has 0 aliphatic carbocycles. The molecule has 8 heteroatoms. The molecule has 112 valence electrons. The molecule has 0 spiro atoms. The smallest absolute Gasteiger partial charge is 0.265 e. The fourth-order valence-corrected chi connectivity index (χ4v) is 5.34. The maximum absolute atomic E-state index is 12.6. The standard InChI is InChI=1S/C13H11Br3N2O2S/c1-7-9(15)3-2-4-12(7)18-21(19,20)13-10(16)5-8(14)6-11(13)17/h2-6,18H,17H2,1H3. The number of anilines is 2. The zero-order chi connectivity index (χ0) is 15.8. The van der Waals surface area contributed by atoms with E-state index in [1.807, 2.05) is 13.0 Å². The Labute approximate surface area is 148 Å². The van der Waals surface area contributed by atoms with Gasteiger partial charge in [-0.15, -0.1) is 0 Å². The summed E-state index contributed by atoms with van der Waals surface area (Å²) in [5.41, 5.74) is 7.30. The van der Waals surface area contributed by atoms with E-state index in [-0.39, 0.29) is 10.6 Å². The summed E-state index contributed by atoms with van der Waals surface area (Å²) in [6.07, 6.45) is 0. The first-order valence-corrected chi connectivity index (χ1v) is 9.61. The minimum Gasteiger partial charge on any atom is -0.398 e. The quantitative estimate of drug-likeness (QED) is 0.604. The van der Waals surface area contributed by atoms with Gasteiger partial charge in [0.15, 0.2) is 0 Å². The van der Waals surface area contributed by atoms with Crippen LogP contribution in [0.15, 0.2) is 48.6 Å². The van der Waals surface area contributed by atoms with E-state index < -0.39 is 10.0 Å². The number of nitrogens with one attached hydrogen (secondary N) is 1. The highest BCUT2D eigenvalue weighted by Crippen LogP contribution is 2.34. The van der Waals surface area contributed by atoms with Crippen molar-refractivity contribution in [1.29, 1.82) is 0 Å². The second kappa shape index (κ2) is 6.28. The molecular weight excluding hydrogens is 488 g/mol. The lowest BCUT2D eigenvalue weighted by Crippen LogP contribution is -2.16. The van der Waals surface area contributed by atoms with Crippen molar-refractivity contribution in [3.63, 3.8) is 0 Å². The molecule has 0 unspecified atom stereocenters. The zero-order valence-electron chi connectivity index (χ0n) is 10.8. The largest absolute Gasteiger partial charge is 0.398 e. The summed E-state index contributed by atoms with van der Waals surface area (Å²) in [4.78, 5) is 0.0186. The second-order valence-corrected chi connectivity index (χ2v) is 8.57. The molecule has 0 saturated carbocycles. The highest BCUT2D eigenvalue weighted by molar-refractivity contribution is 9.11. The van der Waals surface area contributed by atoms with E-state index in [2.05, 4.69) is 52.5 Å². The fraction of sp³-hybridized carbons (Fsp3) is 0.0769. The van der Waals surface area contributed by atoms with E-state index in [1.54, 1.807) is 24.3 Å². The van der Waals surface area contributed by atoms with E-state index in [4.69, 9.17) is 5.73 Å². The summed E-state index contributed by atoms with van der Waals surface area (Å²) in [7, 11) is -3.79. The first-order chi connectivity index (χ1) is 9.72. The van der Waals surface area contributed by atoms with Gasteiger partial charge in [0.25, 0.3) is 10.0 Å². The van der Waals surface area contributed by atoms with Crippen LogP contribution in [-0.4, -0.2) is 8.42 Å². The Hall–Kier alpha value is -0.570. The van der Waals surface area contributed by atoms with Gasteiger partial charge in [-0.25, -0.2) is 8.42 Å². The van der Waals surface area contributed by atoms with Crippen molar-refractivity contribution >= 4 is 69.2 Å². The number of hydrogen-bond donors (Lipinski definition) is 2. The average Bonchev–Trinajstić information content (AvgIpc) is 2.33. The summed E-state index contributed by atoms with van der Waals surface area (Å²) in [6.45, 7) is 1.82. The van der Waals surface area contributed by atoms with Gasteiger partial charge in [-0.1, -0.05) is 37.9 Å². The molecule has 0 aliphatic rings. The van der Waals surface area contributed by atoms with Crippen LogP contribution in [0.5, 0.6) is 0 Å². The maximum Gasteiger partial charge on any atom is 0.265 e. The lowest BCUT2D eigenvalue weighted by atomic mass is 10.2. The molecule has 2 rings (SSSR count). The molecule has 0 saturated heterocycles. The van der Waals surface area contributed by atoms with Gasteiger partial charge in [-0.05, 0) is 52.7 Å². The van der Waals surface area contributed by atoms with Crippen LogP contribution >= 0.6 is 47.8 Å². The molecule has 0 radical (unpaired) electrons. The molecule has 21 heavy (non-hydrogen) atoms. The Balaban J connectivity index is 2.51. The summed E-state index contributed by atoms with van der Waals surface area (Å²) >= 11 is 9.89. The Morgan fingerprint density at radius 2 is 1.76 bits per heavy atom. The number of nitrogen functional groups attached to an aromatic ring is 1. The monoisotopic (exact) mass is 496 g/mol. The fourth-order valence-electron chi connectivity index (χ4n) is 1.78. The van der Waals surface area contributed by atoms with Gasteiger partial charge in [0.05, 0.1) is 11.4 Å². The van der Waals surface area contributed by atoms with E-state index in [1.165, 1.54) is 0 Å². The Kier molecular flexibility index (Phi) is 5.02. The maximum atomic E-state index is 12.6. The SMILES string of the molecule is Cc1c(Br)cccc1NS(=O)(=O)c1c(N)cc(Br)cc1Br. The van der Waals surface area contributed by atoms with Crippen LogP contribution in [0.3, 0.4) is 0 Å². The minimum atomic E-state index is -3.79. The van der Waals surface area contributed by atoms with Crippen LogP contribution in [0.4, 0.5) is 11.4 Å². The molecule has 0 bridgehead atoms. The average molecular weight is 499 g/mol. The van der Waals surface area contributed by atoms with Crippen molar-refractivity contribution in [3.8, 4) is 0 Å². The number of halogens is 3. The van der Waals surface area contributed by atoms with Gasteiger partial charge < -0.3 is 5.73 Å². The molecule has 0 aliphatic heterocycles. The van der Waals surface area contributed by atoms with Crippen molar-refractivity contribution < 1.29 is 8.42 Å². The number of sulfonamides is 1. The molecule has 2 aromatic carbocycles. The summed E-state index contributed by atoms with van der Waals surface area (Å²) < 4.78 is 29.6. The van der Waals surface area contributed by atoms with Crippen LogP contribution in [0, 0.1) is 6.92 Å². The molecule has 3 N–H and O–H groups in total. The molecular formula is C13H11Br3N2O2S. The van der Waals surface area contributed by atoms with Crippen LogP contribution in [-0.2, 0) is 10.0 Å². The van der Waals surface area contributed by atoms with Crippen molar-refractivity contribution in [1.82, 2.24) is 0 Å². The van der Waals surface area contributed by atoms with Gasteiger partial charge in [0.1, 0.15) is 4.90 Å². The molecule has 0 heterocycles. The first-order valence-electron chi connectivity index (χ1n) is 5.75. The van der Waals surface area contributed by atoms with Crippen LogP contribution in [0.25, 0.3) is 0 Å². The van der Waals surface area contributed by atoms with Crippen molar-refractivity contribution in [2.75, 3.05) is 10.5 Å². The Morgan fingerprint density at radius 1 is 1.10 bits per heavy atom. The van der Waals surface area contributed by atoms with E-state index in [0.717, 1.165) is 10.0 Å². The molecule has 0 aromatic heterocycles. The number of rotatable bonds is 3. The zero-order valence-corrected chi connectivity index (χ0v) is 16.4. The normalized spacial score (nSPS) is 11.4. The van der Waals surface area contributed by atoms with Crippen molar-refractivity contribution in [2.45, 2.75) is 11.8 Å². The van der Waals surface area contributed by atoms with Gasteiger partial charge >= 0.3 is 0 Å². The van der Waals surface area contributed by atoms with Crippen LogP contribution in [0.1, 0.15) is 5.56 Å². The van der Waals surface area contributed by atoms with Crippen LogP contribution < -0.4 is 10.5 Å². The summed E-state index contributed by atoms with van der Waals surface area (Å²) in [6, 6.07) is 8.48. The summed E-state index contributed by atoms with van der Waals surface area (Å²) in [5, 5.41) is 0.